The Bertz CT molecular complexity index is 266. The van der Waals surface area contributed by atoms with E-state index < -0.39 is 0 Å². The third-order valence-corrected chi connectivity index (χ3v) is 1.75. The van der Waals surface area contributed by atoms with E-state index in [9.17, 15) is 0 Å². The zero-order valence-corrected chi connectivity index (χ0v) is 8.13. The van der Waals surface area contributed by atoms with Crippen molar-refractivity contribution in [3.8, 4) is 6.07 Å². The minimum atomic E-state index is -0.329. The summed E-state index contributed by atoms with van der Waals surface area (Å²) in [5, 5.41) is 8.44. The number of aryl methyl sites for hydroxylation is 1. The van der Waals surface area contributed by atoms with Crippen molar-refractivity contribution in [3.05, 3.63) is 35.9 Å². The van der Waals surface area contributed by atoms with Crippen LogP contribution in [-0.4, -0.2) is 6.04 Å². The first kappa shape index (κ1) is 12.0. The van der Waals surface area contributed by atoms with Gasteiger partial charge in [-0.25, -0.2) is 0 Å². The van der Waals surface area contributed by atoms with E-state index in [0.717, 1.165) is 12.8 Å². The van der Waals surface area contributed by atoms with Crippen molar-refractivity contribution in [2.24, 2.45) is 5.73 Å². The van der Waals surface area contributed by atoms with E-state index in [0.29, 0.717) is 0 Å². The lowest BCUT2D eigenvalue weighted by molar-refractivity contribution is 0.731. The number of hydrogen-bond donors (Lipinski definition) is 1. The number of hydrogen-bond acceptors (Lipinski definition) is 2. The Labute approximate surface area is 84.8 Å². The first-order valence-corrected chi connectivity index (χ1v) is 4.02. The molecule has 1 aromatic carbocycles. The molecule has 1 aromatic rings. The monoisotopic (exact) mass is 196 g/mol. The van der Waals surface area contributed by atoms with Crippen LogP contribution in [0.5, 0.6) is 0 Å². The van der Waals surface area contributed by atoms with E-state index in [1.165, 1.54) is 5.56 Å². The van der Waals surface area contributed by atoms with Crippen LogP contribution in [0.2, 0.25) is 0 Å². The maximum Gasteiger partial charge on any atom is 0.0931 e. The summed E-state index contributed by atoms with van der Waals surface area (Å²) < 4.78 is 0. The van der Waals surface area contributed by atoms with Gasteiger partial charge in [0.2, 0.25) is 0 Å². The molecule has 0 bridgehead atoms. The molecule has 0 heterocycles. The molecule has 0 fully saturated rings. The van der Waals surface area contributed by atoms with E-state index in [4.69, 9.17) is 11.0 Å². The van der Waals surface area contributed by atoms with Crippen molar-refractivity contribution in [1.82, 2.24) is 0 Å². The second-order valence-corrected chi connectivity index (χ2v) is 2.76. The molecule has 13 heavy (non-hydrogen) atoms. The van der Waals surface area contributed by atoms with Crippen molar-refractivity contribution >= 4 is 12.4 Å². The second-order valence-electron chi connectivity index (χ2n) is 2.76. The van der Waals surface area contributed by atoms with Gasteiger partial charge in [0.15, 0.2) is 0 Å². The van der Waals surface area contributed by atoms with Gasteiger partial charge in [-0.15, -0.1) is 12.4 Å². The molecule has 0 saturated heterocycles. The fraction of sp³-hybridized carbons (Fsp3) is 0.300. The molecule has 0 saturated carbocycles. The number of nitrogens with zero attached hydrogens (tertiary/aromatic N) is 1. The molecule has 0 amide bonds. The predicted molar refractivity (Wildman–Crippen MR) is 55.6 cm³/mol. The maximum absolute atomic E-state index is 8.44. The molecule has 0 spiro atoms. The molecule has 1 atom stereocenters. The summed E-state index contributed by atoms with van der Waals surface area (Å²) in [7, 11) is 0. The van der Waals surface area contributed by atoms with Crippen LogP contribution in [0.15, 0.2) is 30.3 Å². The summed E-state index contributed by atoms with van der Waals surface area (Å²) in [6, 6.07) is 11.7. The third-order valence-electron chi connectivity index (χ3n) is 1.75. The van der Waals surface area contributed by atoms with Crippen LogP contribution in [0.3, 0.4) is 0 Å². The zero-order valence-electron chi connectivity index (χ0n) is 7.31. The Kier molecular flexibility index (Phi) is 5.96. The molecule has 1 unspecified atom stereocenters. The van der Waals surface area contributed by atoms with Crippen molar-refractivity contribution in [3.63, 3.8) is 0 Å². The molecule has 3 heteroatoms. The van der Waals surface area contributed by atoms with Crippen LogP contribution in [0, 0.1) is 11.3 Å². The van der Waals surface area contributed by atoms with Gasteiger partial charge in [0.05, 0.1) is 12.1 Å². The summed E-state index contributed by atoms with van der Waals surface area (Å²) in [6.45, 7) is 0. The molecule has 0 aliphatic heterocycles. The number of nitriles is 1. The lowest BCUT2D eigenvalue weighted by Crippen LogP contribution is -2.17. The number of rotatable bonds is 3. The average Bonchev–Trinajstić information content (AvgIpc) is 2.16. The number of halogens is 1. The van der Waals surface area contributed by atoms with Gasteiger partial charge in [-0.05, 0) is 18.4 Å². The quantitative estimate of drug-likeness (QED) is 0.803. The lowest BCUT2D eigenvalue weighted by atomic mass is 10.1. The number of nitrogens with two attached hydrogens (primary N) is 1. The highest BCUT2D eigenvalue weighted by molar-refractivity contribution is 5.85. The summed E-state index contributed by atoms with van der Waals surface area (Å²) in [6.07, 6.45) is 1.62. The van der Waals surface area contributed by atoms with Crippen molar-refractivity contribution < 1.29 is 0 Å². The Morgan fingerprint density at radius 2 is 1.92 bits per heavy atom. The predicted octanol–water partition coefficient (Wildman–Crippen LogP) is 1.89. The van der Waals surface area contributed by atoms with Gasteiger partial charge in [-0.2, -0.15) is 5.26 Å². The fourth-order valence-electron chi connectivity index (χ4n) is 1.03. The molecule has 0 aromatic heterocycles. The summed E-state index contributed by atoms with van der Waals surface area (Å²) in [4.78, 5) is 0. The number of benzene rings is 1. The van der Waals surface area contributed by atoms with Crippen LogP contribution in [0.4, 0.5) is 0 Å². The van der Waals surface area contributed by atoms with Gasteiger partial charge in [-0.1, -0.05) is 30.3 Å². The normalized spacial score (nSPS) is 11.1. The molecular weight excluding hydrogens is 184 g/mol. The molecular formula is C10H13ClN2. The Balaban J connectivity index is 0.00000144. The van der Waals surface area contributed by atoms with E-state index >= 15 is 0 Å². The highest BCUT2D eigenvalue weighted by atomic mass is 35.5. The largest absolute Gasteiger partial charge is 0.316 e. The van der Waals surface area contributed by atoms with Gasteiger partial charge in [0.25, 0.3) is 0 Å². The van der Waals surface area contributed by atoms with E-state index in [1.54, 1.807) is 0 Å². The minimum Gasteiger partial charge on any atom is -0.316 e. The first-order chi connectivity index (χ1) is 5.83. The van der Waals surface area contributed by atoms with Gasteiger partial charge >= 0.3 is 0 Å². The molecule has 70 valence electrons. The Hall–Kier alpha value is -1.04. The molecule has 0 aliphatic rings. The first-order valence-electron chi connectivity index (χ1n) is 4.02. The highest BCUT2D eigenvalue weighted by Gasteiger charge is 1.99. The topological polar surface area (TPSA) is 49.8 Å². The third kappa shape index (κ3) is 4.51. The maximum atomic E-state index is 8.44. The van der Waals surface area contributed by atoms with Crippen LogP contribution < -0.4 is 5.73 Å². The van der Waals surface area contributed by atoms with Gasteiger partial charge in [0.1, 0.15) is 0 Å². The molecule has 2 N–H and O–H groups in total. The van der Waals surface area contributed by atoms with Crippen molar-refractivity contribution in [1.29, 1.82) is 5.26 Å². The average molecular weight is 197 g/mol. The zero-order chi connectivity index (χ0) is 8.81. The lowest BCUT2D eigenvalue weighted by Gasteiger charge is -2.01. The van der Waals surface area contributed by atoms with E-state index in [2.05, 4.69) is 0 Å². The van der Waals surface area contributed by atoms with Gasteiger partial charge < -0.3 is 5.73 Å². The summed E-state index contributed by atoms with van der Waals surface area (Å²) in [5.41, 5.74) is 6.70. The summed E-state index contributed by atoms with van der Waals surface area (Å²) in [5.74, 6) is 0. The van der Waals surface area contributed by atoms with Gasteiger partial charge in [-0.3, -0.25) is 0 Å². The SMILES string of the molecule is Cl.N#CC(N)CCc1ccccc1. The van der Waals surface area contributed by atoms with E-state index in [-0.39, 0.29) is 18.4 Å². The highest BCUT2D eigenvalue weighted by Crippen LogP contribution is 2.03. The van der Waals surface area contributed by atoms with Crippen molar-refractivity contribution in [2.75, 3.05) is 0 Å². The van der Waals surface area contributed by atoms with Crippen LogP contribution in [-0.2, 0) is 6.42 Å². The van der Waals surface area contributed by atoms with Crippen LogP contribution in [0.1, 0.15) is 12.0 Å². The van der Waals surface area contributed by atoms with Gasteiger partial charge in [0, 0.05) is 0 Å². The van der Waals surface area contributed by atoms with E-state index in [1.807, 2.05) is 36.4 Å². The molecule has 0 radical (unpaired) electrons. The Morgan fingerprint density at radius 1 is 1.31 bits per heavy atom. The molecule has 0 aliphatic carbocycles. The van der Waals surface area contributed by atoms with Crippen molar-refractivity contribution in [2.45, 2.75) is 18.9 Å². The molecule has 2 nitrogen and oxygen atoms in total. The summed E-state index contributed by atoms with van der Waals surface area (Å²) >= 11 is 0. The minimum absolute atomic E-state index is 0. The smallest absolute Gasteiger partial charge is 0.0931 e. The standard InChI is InChI=1S/C10H12N2.ClH/c11-8-10(12)7-6-9-4-2-1-3-5-9;/h1-5,10H,6-7,12H2;1H. The van der Waals surface area contributed by atoms with Crippen LogP contribution >= 0.6 is 12.4 Å². The molecule has 1 rings (SSSR count). The Morgan fingerprint density at radius 3 is 2.46 bits per heavy atom. The fourth-order valence-corrected chi connectivity index (χ4v) is 1.03. The second kappa shape index (κ2) is 6.47. The van der Waals surface area contributed by atoms with Crippen LogP contribution in [0.25, 0.3) is 0 Å².